The summed E-state index contributed by atoms with van der Waals surface area (Å²) in [5, 5.41) is 34.2. The molecule has 25 nitrogen and oxygen atoms in total. The summed E-state index contributed by atoms with van der Waals surface area (Å²) in [5.74, 6) is 2.88. The summed E-state index contributed by atoms with van der Waals surface area (Å²) in [6.07, 6.45) is 25.4. The first-order chi connectivity index (χ1) is 49.0. The van der Waals surface area contributed by atoms with Gasteiger partial charge in [0, 0.05) is 90.2 Å². The van der Waals surface area contributed by atoms with Gasteiger partial charge >= 0.3 is 0 Å². The van der Waals surface area contributed by atoms with Crippen LogP contribution in [0, 0.1) is 0 Å². The van der Waals surface area contributed by atoms with Crippen LogP contribution in [0.3, 0.4) is 0 Å². The minimum atomic E-state index is -0.00711. The Morgan fingerprint density at radius 3 is 1.15 bits per heavy atom. The van der Waals surface area contributed by atoms with Gasteiger partial charge in [0.1, 0.15) is 15.1 Å². The highest BCUT2D eigenvalue weighted by atomic mass is 35.5. The standard InChI is InChI=1S/C25H31ClN8O.2C24H28ClN7O/c1-3-22(35)14-19-5-4-6-20(13-19)15-27-24-23(26)17-28-25(31-24)30-21-16-29-34(18-21)12-11-33-9-7-32(2)8-10-33;2*1-3-21(33)12-17-5-4-6-18(11-17)13-26-23-22(25)15-27-24(30-23)29-19-14-28-32(16-19)20-7-9-31(2)10-8-20/h3-6,13,16-18H,1,7-12,14-15H2,2H3,(H2,27,28,30,31);2*3-6,11,14-16,20H,1,7-10,12-13H2,2H3,(H2,26,27,29,30). The van der Waals surface area contributed by atoms with Crippen molar-refractivity contribution in [2.24, 2.45) is 0 Å². The smallest absolute Gasteiger partial charge is 0.229 e. The summed E-state index contributed by atoms with van der Waals surface area (Å²) >= 11 is 18.9. The number of nitrogens with one attached hydrogen (secondary N) is 6. The molecule has 6 N–H and O–H groups in total. The summed E-state index contributed by atoms with van der Waals surface area (Å²) in [6, 6.07) is 24.3. The number of likely N-dealkylation sites (N-methyl/N-ethyl adjacent to an activating group) is 1. The van der Waals surface area contributed by atoms with E-state index in [1.807, 2.05) is 105 Å². The summed E-state index contributed by atoms with van der Waals surface area (Å²) in [5.41, 5.74) is 8.37. The molecule has 0 atom stereocenters. The number of anilines is 9. The quantitative estimate of drug-likeness (QED) is 0.0238. The fraction of sp³-hybridized carbons (Fsp3) is 0.342. The molecule has 6 aromatic heterocycles. The average Bonchev–Trinajstić information content (AvgIpc) is 1.78. The number of carbonyl (C=O) groups is 3. The lowest BCUT2D eigenvalue weighted by atomic mass is 10.1. The van der Waals surface area contributed by atoms with Crippen molar-refractivity contribution in [1.82, 2.24) is 78.8 Å². The third kappa shape index (κ3) is 23.2. The van der Waals surface area contributed by atoms with Crippen LogP contribution in [-0.2, 0) is 59.8 Å². The van der Waals surface area contributed by atoms with Gasteiger partial charge in [-0.1, -0.05) is 127 Å². The minimum Gasteiger partial charge on any atom is -0.365 e. The lowest BCUT2D eigenvalue weighted by Crippen LogP contribution is -2.45. The number of halogens is 3. The van der Waals surface area contributed by atoms with Crippen LogP contribution in [0.4, 0.5) is 52.4 Å². The molecule has 28 heteroatoms. The molecule has 9 heterocycles. The van der Waals surface area contributed by atoms with Gasteiger partial charge in [-0.25, -0.2) is 15.0 Å². The molecule has 0 radical (unpaired) electrons. The highest BCUT2D eigenvalue weighted by Crippen LogP contribution is 2.29. The maximum absolute atomic E-state index is 11.6. The van der Waals surface area contributed by atoms with E-state index < -0.39 is 0 Å². The van der Waals surface area contributed by atoms with Gasteiger partial charge in [-0.3, -0.25) is 33.3 Å². The second-order valence-corrected chi connectivity index (χ2v) is 26.5. The number of piperazine rings is 1. The monoisotopic (exact) mass is 1420 g/mol. The fourth-order valence-electron chi connectivity index (χ4n) is 11.6. The zero-order chi connectivity index (χ0) is 71.0. The fourth-order valence-corrected chi connectivity index (χ4v) is 12.0. The van der Waals surface area contributed by atoms with Gasteiger partial charge in [0.05, 0.1) is 72.9 Å². The Kier molecular flexibility index (Phi) is 27.2. The topological polar surface area (TPSA) is 267 Å². The van der Waals surface area contributed by atoms with Crippen LogP contribution in [0.15, 0.2) is 167 Å². The van der Waals surface area contributed by atoms with Crippen LogP contribution >= 0.6 is 34.8 Å². The van der Waals surface area contributed by atoms with E-state index in [0.29, 0.717) is 101 Å². The third-order valence-electron chi connectivity index (χ3n) is 17.4. The summed E-state index contributed by atoms with van der Waals surface area (Å²) in [7, 11) is 6.46. The first kappa shape index (κ1) is 74.0. The molecule has 3 saturated heterocycles. The maximum Gasteiger partial charge on any atom is 0.229 e. The number of carbonyl (C=O) groups excluding carboxylic acids is 3. The number of aromatic nitrogens is 12. The molecule has 101 heavy (non-hydrogen) atoms. The van der Waals surface area contributed by atoms with Crippen molar-refractivity contribution >= 4 is 105 Å². The van der Waals surface area contributed by atoms with E-state index in [4.69, 9.17) is 34.8 Å². The van der Waals surface area contributed by atoms with Crippen molar-refractivity contribution in [3.8, 4) is 0 Å². The number of allylic oxidation sites excluding steroid dienone is 3. The third-order valence-corrected chi connectivity index (χ3v) is 18.2. The van der Waals surface area contributed by atoms with Gasteiger partial charge in [-0.2, -0.15) is 30.2 Å². The molecule has 3 aliphatic rings. The summed E-state index contributed by atoms with van der Waals surface area (Å²) < 4.78 is 5.98. The van der Waals surface area contributed by atoms with Gasteiger partial charge in [0.15, 0.2) is 34.8 Å². The molecule has 0 amide bonds. The van der Waals surface area contributed by atoms with E-state index in [1.165, 1.54) is 18.2 Å². The summed E-state index contributed by atoms with van der Waals surface area (Å²) in [6.45, 7) is 22.6. The van der Waals surface area contributed by atoms with Crippen LogP contribution in [0.2, 0.25) is 15.1 Å². The Labute approximate surface area is 604 Å². The van der Waals surface area contributed by atoms with E-state index in [9.17, 15) is 14.4 Å². The molecule has 3 fully saturated rings. The number of rotatable bonds is 29. The van der Waals surface area contributed by atoms with Crippen molar-refractivity contribution in [2.75, 3.05) is 112 Å². The number of piperidine rings is 2. The normalized spacial score (nSPS) is 14.7. The summed E-state index contributed by atoms with van der Waals surface area (Å²) in [4.78, 5) is 70.8. The predicted octanol–water partition coefficient (Wildman–Crippen LogP) is 11.7. The number of ketones is 3. The second-order valence-electron chi connectivity index (χ2n) is 25.2. The number of hydrogen-bond donors (Lipinski definition) is 6. The molecule has 0 saturated carbocycles. The minimum absolute atomic E-state index is 0.00573. The number of nitrogens with zero attached hydrogens (tertiary/aromatic N) is 16. The molecule has 0 aliphatic carbocycles. The number of hydrogen-bond acceptors (Lipinski definition) is 22. The molecule has 3 aromatic carbocycles. The van der Waals surface area contributed by atoms with Crippen LogP contribution in [-0.4, -0.2) is 176 Å². The van der Waals surface area contributed by atoms with Gasteiger partial charge in [-0.05, 0) is 125 Å². The predicted molar refractivity (Wildman–Crippen MR) is 401 cm³/mol. The Balaban J connectivity index is 0.000000163. The SMILES string of the molecule is C=CC(=O)Cc1cccc(CNc2nc(Nc3cnn(C4CCN(C)CC4)c3)ncc2Cl)c1.C=CC(=O)Cc1cccc(CNc2nc(Nc3cnn(C4CCN(C)CC4)c3)ncc2Cl)c1.C=CC(=O)Cc1cccc(CNc2nc(Nc3cnn(CCN4CCN(C)CC4)c3)ncc2Cl)c1. The molecule has 0 bridgehead atoms. The molecule has 0 spiro atoms. The highest BCUT2D eigenvalue weighted by Gasteiger charge is 2.22. The van der Waals surface area contributed by atoms with E-state index in [2.05, 4.69) is 138 Å². The Bertz CT molecular complexity index is 4070. The van der Waals surface area contributed by atoms with Gasteiger partial charge in [-0.15, -0.1) is 0 Å². The van der Waals surface area contributed by atoms with E-state index >= 15 is 0 Å². The van der Waals surface area contributed by atoms with Crippen molar-refractivity contribution in [3.05, 3.63) is 215 Å². The van der Waals surface area contributed by atoms with Gasteiger partial charge in [0.25, 0.3) is 0 Å². The maximum atomic E-state index is 11.6. The van der Waals surface area contributed by atoms with E-state index in [0.717, 1.165) is 142 Å². The van der Waals surface area contributed by atoms with Crippen molar-refractivity contribution in [3.63, 3.8) is 0 Å². The van der Waals surface area contributed by atoms with E-state index in [-0.39, 0.29) is 17.3 Å². The molecule has 9 aromatic rings. The molecule has 0 unspecified atom stereocenters. The number of benzene rings is 3. The van der Waals surface area contributed by atoms with Crippen LogP contribution < -0.4 is 31.9 Å². The van der Waals surface area contributed by atoms with Crippen LogP contribution in [0.25, 0.3) is 0 Å². The zero-order valence-electron chi connectivity index (χ0n) is 57.3. The molecular formula is C73H87Cl3N22O3. The number of likely N-dealkylation sites (tertiary alicyclic amines) is 2. The molecular weight excluding hydrogens is 1340 g/mol. The Morgan fingerprint density at radius 2 is 0.782 bits per heavy atom. The van der Waals surface area contributed by atoms with Gasteiger partial charge in [0.2, 0.25) is 17.8 Å². The lowest BCUT2D eigenvalue weighted by Gasteiger charge is -2.32. The van der Waals surface area contributed by atoms with Crippen molar-refractivity contribution in [2.45, 2.75) is 83.2 Å². The van der Waals surface area contributed by atoms with Crippen molar-refractivity contribution < 1.29 is 14.4 Å². The average molecular weight is 1430 g/mol. The van der Waals surface area contributed by atoms with Crippen LogP contribution in [0.5, 0.6) is 0 Å². The molecule has 3 aliphatic heterocycles. The molecule has 12 rings (SSSR count). The second kappa shape index (κ2) is 37.1. The zero-order valence-corrected chi connectivity index (χ0v) is 59.6. The largest absolute Gasteiger partial charge is 0.365 e. The van der Waals surface area contributed by atoms with E-state index in [1.54, 1.807) is 37.2 Å². The van der Waals surface area contributed by atoms with Crippen molar-refractivity contribution in [1.29, 1.82) is 0 Å². The van der Waals surface area contributed by atoms with Gasteiger partial charge < -0.3 is 46.6 Å². The Morgan fingerprint density at radius 1 is 0.446 bits per heavy atom. The lowest BCUT2D eigenvalue weighted by molar-refractivity contribution is -0.114. The molecule has 528 valence electrons. The first-order valence-electron chi connectivity index (χ1n) is 33.7. The first-order valence-corrected chi connectivity index (χ1v) is 34.8. The Hall–Kier alpha value is -9.73. The highest BCUT2D eigenvalue weighted by molar-refractivity contribution is 6.33. The van der Waals surface area contributed by atoms with Crippen LogP contribution in [0.1, 0.15) is 71.1 Å².